The quantitative estimate of drug-likeness (QED) is 0.552. The van der Waals surface area contributed by atoms with Crippen molar-refractivity contribution in [2.75, 3.05) is 6.61 Å². The molecule has 0 aromatic heterocycles. The summed E-state index contributed by atoms with van der Waals surface area (Å²) < 4.78 is 13.7. The molecule has 0 spiro atoms. The Morgan fingerprint density at radius 1 is 1.06 bits per heavy atom. The molecule has 4 aliphatic rings. The molecule has 1 aromatic rings. The highest BCUT2D eigenvalue weighted by Gasteiger charge is 2.70. The van der Waals surface area contributed by atoms with Gasteiger partial charge in [0.15, 0.2) is 6.29 Å². The fourth-order valence-corrected chi connectivity index (χ4v) is 13.3. The average molecular weight is 492 g/mol. The lowest BCUT2D eigenvalue weighted by Crippen LogP contribution is -2.52. The Morgan fingerprint density at radius 2 is 1.76 bits per heavy atom. The molecule has 0 unspecified atom stereocenters. The fourth-order valence-electron chi connectivity index (χ4n) is 7.25. The van der Waals surface area contributed by atoms with Crippen LogP contribution in [0.25, 0.3) is 0 Å². The molecule has 5 rings (SSSR count). The van der Waals surface area contributed by atoms with Crippen LogP contribution in [-0.2, 0) is 18.8 Å². The second-order valence-electron chi connectivity index (χ2n) is 11.2. The number of aliphatic hydroxyl groups excluding tert-OH is 2. The molecule has 8 atom stereocenters. The van der Waals surface area contributed by atoms with E-state index >= 15 is 0 Å². The molecule has 2 N–H and O–H groups in total. The molecule has 4 fully saturated rings. The Kier molecular flexibility index (Phi) is 7.23. The molecule has 0 radical (unpaired) electrons. The lowest BCUT2D eigenvalue weighted by Gasteiger charge is -2.42. The van der Waals surface area contributed by atoms with E-state index in [0.29, 0.717) is 23.4 Å². The summed E-state index contributed by atoms with van der Waals surface area (Å²) in [5, 5.41) is 22.0. The summed E-state index contributed by atoms with van der Waals surface area (Å²) in [6.07, 6.45) is 3.26. The molecule has 3 heterocycles. The third-order valence-corrected chi connectivity index (χ3v) is 14.8. The van der Waals surface area contributed by atoms with Crippen LogP contribution in [0.5, 0.6) is 0 Å². The maximum absolute atomic E-state index is 10.7. The maximum Gasteiger partial charge on any atom is 0.205 e. The van der Waals surface area contributed by atoms with E-state index in [1.54, 1.807) is 5.23 Å². The fraction of sp³-hybridized carbons (Fsp3) is 0.769. The Bertz CT molecular complexity index is 817. The summed E-state index contributed by atoms with van der Waals surface area (Å²) in [5.41, 5.74) is 2.06. The predicted molar refractivity (Wildman–Crippen MR) is 130 cm³/mol. The first-order valence-corrected chi connectivity index (χ1v) is 15.3. The third-order valence-electron chi connectivity index (χ3n) is 8.72. The summed E-state index contributed by atoms with van der Waals surface area (Å²) in [5.74, 6) is 0.358. The molecule has 34 heavy (non-hydrogen) atoms. The second-order valence-corrected chi connectivity index (χ2v) is 16.1. The molecule has 1 aromatic carbocycles. The lowest BCUT2D eigenvalue weighted by molar-refractivity contribution is -0.450. The molecule has 0 bridgehead atoms. The van der Waals surface area contributed by atoms with Crippen molar-refractivity contribution in [1.82, 2.24) is 5.23 Å². The summed E-state index contributed by atoms with van der Waals surface area (Å²) >= 11 is 0. The van der Waals surface area contributed by atoms with Gasteiger partial charge in [0.25, 0.3) is 0 Å². The van der Waals surface area contributed by atoms with Crippen LogP contribution in [0.1, 0.15) is 71.3 Å². The summed E-state index contributed by atoms with van der Waals surface area (Å²) in [6.45, 7) is 8.59. The van der Waals surface area contributed by atoms with Crippen LogP contribution in [0.4, 0.5) is 0 Å². The van der Waals surface area contributed by atoms with E-state index in [0.717, 1.165) is 19.3 Å². The van der Waals surface area contributed by atoms with E-state index in [-0.39, 0.29) is 30.4 Å². The van der Waals surface area contributed by atoms with Gasteiger partial charge in [0.2, 0.25) is 8.32 Å². The van der Waals surface area contributed by atoms with Crippen molar-refractivity contribution in [3.63, 3.8) is 0 Å². The van der Waals surface area contributed by atoms with Gasteiger partial charge >= 0.3 is 0 Å². The van der Waals surface area contributed by atoms with Crippen molar-refractivity contribution in [1.29, 1.82) is 0 Å². The third kappa shape index (κ3) is 4.10. The number of aliphatic hydroxyl groups is 2. The summed E-state index contributed by atoms with van der Waals surface area (Å²) in [6, 6.07) is 10.6. The Labute approximate surface area is 204 Å². The molecule has 8 heteroatoms. The van der Waals surface area contributed by atoms with Crippen LogP contribution >= 0.6 is 0 Å². The molecular formula is C26H41NO6Si. The van der Waals surface area contributed by atoms with Crippen LogP contribution in [-0.4, -0.2) is 67.1 Å². The van der Waals surface area contributed by atoms with Gasteiger partial charge in [-0.2, -0.15) is 0 Å². The van der Waals surface area contributed by atoms with Crippen LogP contribution in [0.3, 0.4) is 0 Å². The first kappa shape index (κ1) is 24.8. The van der Waals surface area contributed by atoms with Gasteiger partial charge in [-0.3, -0.25) is 4.84 Å². The van der Waals surface area contributed by atoms with Crippen LogP contribution in [0.15, 0.2) is 30.3 Å². The van der Waals surface area contributed by atoms with Crippen LogP contribution < -0.4 is 0 Å². The smallest absolute Gasteiger partial charge is 0.205 e. The van der Waals surface area contributed by atoms with Gasteiger partial charge in [-0.05, 0) is 29.5 Å². The molecule has 1 aliphatic carbocycles. The Hall–Kier alpha value is -0.843. The normalized spacial score (nSPS) is 38.4. The highest BCUT2D eigenvalue weighted by Crippen LogP contribution is 2.59. The van der Waals surface area contributed by atoms with Crippen LogP contribution in [0, 0.1) is 0 Å². The average Bonchev–Trinajstić information content (AvgIpc) is 3.39. The number of hydrogen-bond acceptors (Lipinski definition) is 7. The van der Waals surface area contributed by atoms with Crippen LogP contribution in [0.2, 0.25) is 16.6 Å². The number of rotatable bonds is 7. The number of hydrogen-bond donors (Lipinski definition) is 2. The zero-order valence-electron chi connectivity index (χ0n) is 20.9. The Morgan fingerprint density at radius 3 is 2.44 bits per heavy atom. The molecule has 0 amide bonds. The molecular weight excluding hydrogens is 450 g/mol. The van der Waals surface area contributed by atoms with Crippen molar-refractivity contribution in [3.05, 3.63) is 35.9 Å². The van der Waals surface area contributed by atoms with E-state index in [1.807, 2.05) is 0 Å². The predicted octanol–water partition coefficient (Wildman–Crippen LogP) is 4.26. The van der Waals surface area contributed by atoms with Crippen molar-refractivity contribution < 1.29 is 29.1 Å². The van der Waals surface area contributed by atoms with Gasteiger partial charge in [-0.15, -0.1) is 0 Å². The van der Waals surface area contributed by atoms with Gasteiger partial charge in [0.05, 0.1) is 24.9 Å². The van der Waals surface area contributed by atoms with Gasteiger partial charge in [-0.1, -0.05) is 76.1 Å². The first-order chi connectivity index (χ1) is 16.4. The number of ether oxygens (including phenoxy) is 1. The minimum atomic E-state index is -2.37. The number of hydroxylamine groups is 2. The maximum atomic E-state index is 10.7. The largest absolute Gasteiger partial charge is 0.411 e. The molecule has 1 saturated carbocycles. The topological polar surface area (TPSA) is 80.6 Å². The van der Waals surface area contributed by atoms with Gasteiger partial charge in [0.1, 0.15) is 12.2 Å². The van der Waals surface area contributed by atoms with Gasteiger partial charge < -0.3 is 19.4 Å². The highest BCUT2D eigenvalue weighted by atomic mass is 28.4. The standard InChI is InChI=1S/C26H41NO6Si/c1-16(2)34(17(3)4)26-24-22(33-34)14-23(31-27(24)32-25(26)20(29)15-28)30-21-13-9-8-12-19(21)18-10-6-5-7-11-18/h5-7,10-11,16-17,19-26,28-29H,8-9,12-15H2,1-4H3/t19-,20+,21+,22+,23-,24-,25-,26+/m1/s1. The molecule has 3 saturated heterocycles. The van der Waals surface area contributed by atoms with Crippen molar-refractivity contribution in [3.8, 4) is 0 Å². The highest BCUT2D eigenvalue weighted by molar-refractivity contribution is 6.79. The minimum Gasteiger partial charge on any atom is -0.411 e. The zero-order valence-corrected chi connectivity index (χ0v) is 21.9. The molecule has 7 nitrogen and oxygen atoms in total. The lowest BCUT2D eigenvalue weighted by atomic mass is 9.81. The summed E-state index contributed by atoms with van der Waals surface area (Å²) in [7, 11) is -2.37. The summed E-state index contributed by atoms with van der Waals surface area (Å²) in [4.78, 5) is 12.5. The van der Waals surface area contributed by atoms with Gasteiger partial charge in [0, 0.05) is 17.9 Å². The van der Waals surface area contributed by atoms with E-state index < -0.39 is 26.8 Å². The van der Waals surface area contributed by atoms with Crippen molar-refractivity contribution in [2.45, 2.75) is 119 Å². The SMILES string of the molecule is CC(C)[Si]1(C(C)C)O[C@H]2C[C@H](O[C@H]3CCCC[C@@H]3c3ccccc3)ON3O[C@H]([C@@H](O)CO)[C@@H]1[C@@H]23. The number of nitrogens with zero attached hydrogens (tertiary/aromatic N) is 1. The second kappa shape index (κ2) is 9.90. The van der Waals surface area contributed by atoms with E-state index in [2.05, 4.69) is 58.0 Å². The van der Waals surface area contributed by atoms with E-state index in [1.165, 1.54) is 12.0 Å². The Balaban J connectivity index is 1.39. The molecule has 3 aliphatic heterocycles. The molecule has 190 valence electrons. The minimum absolute atomic E-state index is 0.0346. The first-order valence-electron chi connectivity index (χ1n) is 13.2. The van der Waals surface area contributed by atoms with Crippen molar-refractivity contribution >= 4 is 8.32 Å². The van der Waals surface area contributed by atoms with Crippen molar-refractivity contribution in [2.24, 2.45) is 0 Å². The van der Waals surface area contributed by atoms with Gasteiger partial charge in [-0.25, -0.2) is 4.84 Å². The van der Waals surface area contributed by atoms with E-state index in [4.69, 9.17) is 18.8 Å². The number of benzene rings is 1. The monoisotopic (exact) mass is 491 g/mol. The van der Waals surface area contributed by atoms with E-state index in [9.17, 15) is 10.2 Å². The zero-order chi connectivity index (χ0) is 24.0.